The number of nitrogens with zero attached hydrogens (tertiary/aromatic N) is 3. The van der Waals surface area contributed by atoms with Gasteiger partial charge in [-0.1, -0.05) is 11.6 Å². The summed E-state index contributed by atoms with van der Waals surface area (Å²) >= 11 is 7.60. The molecule has 0 fully saturated rings. The molecule has 0 aromatic carbocycles. The largest absolute Gasteiger partial charge is 0.357 e. The van der Waals surface area contributed by atoms with Crippen molar-refractivity contribution in [3.05, 3.63) is 38.3 Å². The van der Waals surface area contributed by atoms with Crippen LogP contribution < -0.4 is 10.6 Å². The zero-order valence-corrected chi connectivity index (χ0v) is 20.0. The average Bonchev–Trinajstić information content (AvgIpc) is 3.06. The Labute approximate surface area is 182 Å². The Bertz CT molecular complexity index is 725. The van der Waals surface area contributed by atoms with Crippen LogP contribution in [0.3, 0.4) is 0 Å². The number of aryl methyl sites for hydroxylation is 2. The molecule has 0 bridgehead atoms. The fourth-order valence-corrected chi connectivity index (χ4v) is 3.86. The van der Waals surface area contributed by atoms with E-state index in [0.717, 1.165) is 41.9 Å². The van der Waals surface area contributed by atoms with Crippen LogP contribution in [0, 0.1) is 13.8 Å². The normalized spacial score (nSPS) is 12.6. The molecular formula is C18H29ClIN5S. The number of rotatable bonds is 7. The van der Waals surface area contributed by atoms with E-state index in [0.29, 0.717) is 0 Å². The molecule has 0 aliphatic rings. The molecule has 2 heterocycles. The minimum atomic E-state index is 0. The third kappa shape index (κ3) is 6.74. The molecule has 8 heteroatoms. The summed E-state index contributed by atoms with van der Waals surface area (Å²) in [6, 6.07) is 4.28. The van der Waals surface area contributed by atoms with Crippen molar-refractivity contribution in [2.24, 2.45) is 12.0 Å². The Hall–Kier alpha value is -0.800. The number of guanidine groups is 1. The highest BCUT2D eigenvalue weighted by molar-refractivity contribution is 14.0. The first-order valence-electron chi connectivity index (χ1n) is 8.68. The predicted molar refractivity (Wildman–Crippen MR) is 123 cm³/mol. The Balaban J connectivity index is 0.00000338. The number of hydrogen-bond acceptors (Lipinski definition) is 3. The zero-order valence-electron chi connectivity index (χ0n) is 16.1. The molecule has 2 N–H and O–H groups in total. The lowest BCUT2D eigenvalue weighted by molar-refractivity contribution is 0.636. The molecule has 0 saturated carbocycles. The number of aromatic nitrogens is 2. The Morgan fingerprint density at radius 1 is 1.38 bits per heavy atom. The topological polar surface area (TPSA) is 54.2 Å². The van der Waals surface area contributed by atoms with Gasteiger partial charge in [0.1, 0.15) is 0 Å². The summed E-state index contributed by atoms with van der Waals surface area (Å²) in [6.07, 6.45) is 1.83. The van der Waals surface area contributed by atoms with Gasteiger partial charge in [-0.2, -0.15) is 5.10 Å². The van der Waals surface area contributed by atoms with E-state index in [1.165, 1.54) is 16.1 Å². The molecule has 5 nitrogen and oxygen atoms in total. The number of nitrogens with one attached hydrogen (secondary N) is 2. The number of halogens is 2. The monoisotopic (exact) mass is 509 g/mol. The molecule has 0 amide bonds. The molecular weight excluding hydrogens is 481 g/mol. The smallest absolute Gasteiger partial charge is 0.191 e. The first-order valence-corrected chi connectivity index (χ1v) is 9.88. The predicted octanol–water partition coefficient (Wildman–Crippen LogP) is 4.10. The first-order chi connectivity index (χ1) is 11.9. The second-order valence-corrected chi connectivity index (χ2v) is 8.04. The Kier molecular flexibility index (Phi) is 9.95. The highest BCUT2D eigenvalue weighted by Gasteiger charge is 2.14. The molecule has 2 rings (SSSR count). The van der Waals surface area contributed by atoms with Gasteiger partial charge in [0.2, 0.25) is 0 Å². The van der Waals surface area contributed by atoms with Gasteiger partial charge in [-0.15, -0.1) is 35.3 Å². The molecule has 146 valence electrons. The summed E-state index contributed by atoms with van der Waals surface area (Å²) in [5.41, 5.74) is 3.64. The van der Waals surface area contributed by atoms with Crippen LogP contribution in [0.25, 0.3) is 0 Å². The summed E-state index contributed by atoms with van der Waals surface area (Å²) in [6.45, 7) is 10.0. The van der Waals surface area contributed by atoms with Crippen molar-refractivity contribution in [2.45, 2.75) is 46.6 Å². The van der Waals surface area contributed by atoms with E-state index in [-0.39, 0.29) is 30.0 Å². The van der Waals surface area contributed by atoms with Gasteiger partial charge < -0.3 is 10.6 Å². The molecule has 1 atom stereocenters. The van der Waals surface area contributed by atoms with Gasteiger partial charge in [-0.25, -0.2) is 0 Å². The van der Waals surface area contributed by atoms with E-state index in [1.54, 1.807) is 11.3 Å². The van der Waals surface area contributed by atoms with Gasteiger partial charge in [-0.05, 0) is 51.8 Å². The highest BCUT2D eigenvalue weighted by Crippen LogP contribution is 2.21. The van der Waals surface area contributed by atoms with E-state index in [2.05, 4.69) is 54.5 Å². The summed E-state index contributed by atoms with van der Waals surface area (Å²) in [4.78, 5) is 5.95. The first kappa shape index (κ1) is 23.2. The van der Waals surface area contributed by atoms with Crippen LogP contribution in [0.15, 0.2) is 17.1 Å². The van der Waals surface area contributed by atoms with Crippen LogP contribution >= 0.6 is 46.9 Å². The fourth-order valence-electron chi connectivity index (χ4n) is 2.79. The lowest BCUT2D eigenvalue weighted by atomic mass is 10.1. The molecule has 1 unspecified atom stereocenters. The minimum absolute atomic E-state index is 0. The summed E-state index contributed by atoms with van der Waals surface area (Å²) in [5, 5.41) is 11.3. The summed E-state index contributed by atoms with van der Waals surface area (Å²) in [5.74, 6) is 0.858. The number of thiophene rings is 1. The average molecular weight is 510 g/mol. The Morgan fingerprint density at radius 2 is 2.12 bits per heavy atom. The van der Waals surface area contributed by atoms with E-state index in [9.17, 15) is 0 Å². The highest BCUT2D eigenvalue weighted by atomic mass is 127. The van der Waals surface area contributed by atoms with Crippen LogP contribution in [-0.2, 0) is 19.9 Å². The molecule has 0 aliphatic carbocycles. The van der Waals surface area contributed by atoms with Gasteiger partial charge in [-0.3, -0.25) is 9.67 Å². The second kappa shape index (κ2) is 11.1. The van der Waals surface area contributed by atoms with Crippen molar-refractivity contribution in [3.63, 3.8) is 0 Å². The quantitative estimate of drug-likeness (QED) is 0.336. The van der Waals surface area contributed by atoms with Crippen LogP contribution in [0.1, 0.15) is 35.7 Å². The van der Waals surface area contributed by atoms with E-state index in [1.807, 2.05) is 17.8 Å². The molecule has 2 aromatic rings. The molecule has 0 aliphatic heterocycles. The van der Waals surface area contributed by atoms with Crippen LogP contribution in [0.4, 0.5) is 0 Å². The van der Waals surface area contributed by atoms with Crippen molar-refractivity contribution in [1.82, 2.24) is 20.4 Å². The van der Waals surface area contributed by atoms with E-state index in [4.69, 9.17) is 11.6 Å². The van der Waals surface area contributed by atoms with Crippen molar-refractivity contribution in [3.8, 4) is 0 Å². The number of hydrogen-bond donors (Lipinski definition) is 2. The molecule has 0 spiro atoms. The van der Waals surface area contributed by atoms with Gasteiger partial charge >= 0.3 is 0 Å². The fraction of sp³-hybridized carbons (Fsp3) is 0.556. The van der Waals surface area contributed by atoms with Crippen LogP contribution in [0.5, 0.6) is 0 Å². The van der Waals surface area contributed by atoms with Gasteiger partial charge in [0.25, 0.3) is 0 Å². The van der Waals surface area contributed by atoms with Crippen molar-refractivity contribution >= 4 is 52.9 Å². The third-order valence-corrected chi connectivity index (χ3v) is 5.44. The molecule has 2 aromatic heterocycles. The minimum Gasteiger partial charge on any atom is -0.357 e. The Morgan fingerprint density at radius 3 is 2.65 bits per heavy atom. The maximum atomic E-state index is 5.98. The maximum Gasteiger partial charge on any atom is 0.191 e. The molecule has 0 saturated heterocycles. The molecule has 0 radical (unpaired) electrons. The van der Waals surface area contributed by atoms with E-state index >= 15 is 0 Å². The van der Waals surface area contributed by atoms with Crippen LogP contribution in [0.2, 0.25) is 4.34 Å². The van der Waals surface area contributed by atoms with Gasteiger partial charge in [0, 0.05) is 43.2 Å². The summed E-state index contributed by atoms with van der Waals surface area (Å²) < 4.78 is 2.78. The zero-order chi connectivity index (χ0) is 18.4. The van der Waals surface area contributed by atoms with Gasteiger partial charge in [0.15, 0.2) is 5.96 Å². The lowest BCUT2D eigenvalue weighted by Gasteiger charge is -2.18. The van der Waals surface area contributed by atoms with Crippen molar-refractivity contribution in [1.29, 1.82) is 0 Å². The van der Waals surface area contributed by atoms with Gasteiger partial charge in [0.05, 0.1) is 10.0 Å². The maximum absolute atomic E-state index is 5.98. The van der Waals surface area contributed by atoms with Crippen LogP contribution in [-0.4, -0.2) is 34.9 Å². The lowest BCUT2D eigenvalue weighted by Crippen LogP contribution is -2.43. The molecule has 26 heavy (non-hydrogen) atoms. The standard InChI is InChI=1S/C18H28ClN5S.HI/c1-6-20-18(21-10-9-15-7-8-17(19)25-15)22-12(2)11-16-13(3)23-24(5)14(16)4;/h7-8,12H,6,9-11H2,1-5H3,(H2,20,21,22);1H. The second-order valence-electron chi connectivity index (χ2n) is 6.24. The van der Waals surface area contributed by atoms with Crippen molar-refractivity contribution < 1.29 is 0 Å². The summed E-state index contributed by atoms with van der Waals surface area (Å²) in [7, 11) is 1.99. The van der Waals surface area contributed by atoms with Crippen molar-refractivity contribution in [2.75, 3.05) is 13.1 Å². The van der Waals surface area contributed by atoms with E-state index < -0.39 is 0 Å². The SMILES string of the molecule is CCNC(=NCCc1ccc(Cl)s1)NC(C)Cc1c(C)nn(C)c1C.I. The third-order valence-electron chi connectivity index (χ3n) is 4.15. The number of aliphatic imine (C=N–C) groups is 1.